The molecule has 186 valence electrons. The number of hydrogen-bond acceptors (Lipinski definition) is 7. The number of hydrogen-bond donors (Lipinski definition) is 3. The van der Waals surface area contributed by atoms with Gasteiger partial charge < -0.3 is 15.2 Å². The van der Waals surface area contributed by atoms with E-state index in [1.807, 2.05) is 0 Å². The zero-order chi connectivity index (χ0) is 26.1. The number of carbonyl (C=O) groups is 1. The van der Waals surface area contributed by atoms with E-state index in [1.165, 1.54) is 49.1 Å². The van der Waals surface area contributed by atoms with Crippen molar-refractivity contribution in [3.63, 3.8) is 0 Å². The summed E-state index contributed by atoms with van der Waals surface area (Å²) in [5.74, 6) is -0.604. The number of nitrogens with zero attached hydrogens (tertiary/aromatic N) is 3. The molecule has 0 saturated carbocycles. The van der Waals surface area contributed by atoms with Crippen LogP contribution in [-0.4, -0.2) is 34.9 Å². The fourth-order valence-corrected chi connectivity index (χ4v) is 4.18. The molecule has 1 amide bonds. The normalized spacial score (nSPS) is 16.4. The molecular weight excluding hydrogens is 511 g/mol. The molecule has 0 bridgehead atoms. The first-order valence-electron chi connectivity index (χ1n) is 9.97. The van der Waals surface area contributed by atoms with E-state index in [9.17, 15) is 23.2 Å². The van der Waals surface area contributed by atoms with E-state index >= 15 is 0 Å². The van der Waals surface area contributed by atoms with Gasteiger partial charge in [0.25, 0.3) is 5.91 Å². The molecule has 1 aliphatic rings. The van der Waals surface area contributed by atoms with Crippen molar-refractivity contribution in [1.29, 1.82) is 5.26 Å². The highest BCUT2D eigenvalue weighted by molar-refractivity contribution is 7.81. The number of nitriles is 1. The first kappa shape index (κ1) is 26.6. The molecule has 2 aromatic rings. The van der Waals surface area contributed by atoms with Crippen molar-refractivity contribution in [2.45, 2.75) is 25.6 Å². The number of halogens is 4. The lowest BCUT2D eigenvalue weighted by Gasteiger charge is -2.30. The molecular formula is C21H19ClF3N5O4S. The number of aliphatic hydroxyl groups excluding tert-OH is 1. The van der Waals surface area contributed by atoms with Crippen molar-refractivity contribution < 1.29 is 33.2 Å². The summed E-state index contributed by atoms with van der Waals surface area (Å²) in [6.45, 7) is 2.46. The summed E-state index contributed by atoms with van der Waals surface area (Å²) in [5, 5.41) is 28.9. The molecule has 35 heavy (non-hydrogen) atoms. The van der Waals surface area contributed by atoms with Crippen molar-refractivity contribution in [3.05, 3.63) is 57.8 Å². The van der Waals surface area contributed by atoms with Gasteiger partial charge in [-0.2, -0.15) is 23.3 Å². The maximum Gasteiger partial charge on any atom is 0.417 e. The molecule has 2 aromatic carbocycles. The zero-order valence-corrected chi connectivity index (χ0v) is 19.9. The molecule has 1 unspecified atom stereocenters. The number of aliphatic hydroxyl groups is 1. The smallest absolute Gasteiger partial charge is 0.417 e. The van der Waals surface area contributed by atoms with E-state index in [0.717, 1.165) is 11.0 Å². The Bertz CT molecular complexity index is 1200. The highest BCUT2D eigenvalue weighted by Gasteiger charge is 2.50. The van der Waals surface area contributed by atoms with Gasteiger partial charge in [0.2, 0.25) is 0 Å². The van der Waals surface area contributed by atoms with Gasteiger partial charge in [-0.05, 0) is 62.5 Å². The van der Waals surface area contributed by atoms with Crippen molar-refractivity contribution in [1.82, 2.24) is 0 Å². The van der Waals surface area contributed by atoms with E-state index in [2.05, 4.69) is 5.43 Å². The van der Waals surface area contributed by atoms with Crippen LogP contribution in [0.4, 0.5) is 30.2 Å². The second kappa shape index (κ2) is 9.94. The number of carbonyl (C=O) groups excluding carboxylic acids is 1. The zero-order valence-electron chi connectivity index (χ0n) is 18.3. The Morgan fingerprint density at radius 3 is 2.54 bits per heavy atom. The van der Waals surface area contributed by atoms with Crippen LogP contribution in [0.3, 0.4) is 0 Å². The van der Waals surface area contributed by atoms with Crippen molar-refractivity contribution in [2.24, 2.45) is 0 Å². The fourth-order valence-electron chi connectivity index (χ4n) is 3.49. The molecule has 9 nitrogen and oxygen atoms in total. The van der Waals surface area contributed by atoms with Crippen molar-refractivity contribution >= 4 is 51.9 Å². The minimum atomic E-state index is -4.82. The first-order chi connectivity index (χ1) is 16.3. The molecule has 1 heterocycles. The molecule has 0 aromatic heterocycles. The predicted octanol–water partition coefficient (Wildman–Crippen LogP) is 2.78. The standard InChI is InChI=1S/C21H19ClF3N5O4S/c1-20(2)18(32)28(13-4-3-12(11-26)15(9-13)21(23,24)25)19(35)29(20)14-5-6-16(22)17(10-14)27-30(33)34-8-7-31/h3-6,9-10,27,30-31H,7-8H2,1-2H3. The maximum atomic E-state index is 13.5. The van der Waals surface area contributed by atoms with Crippen molar-refractivity contribution in [2.75, 3.05) is 28.4 Å². The number of quaternary nitrogens is 1. The summed E-state index contributed by atoms with van der Waals surface area (Å²) in [5.41, 5.74) is -0.401. The Morgan fingerprint density at radius 2 is 1.94 bits per heavy atom. The number of benzene rings is 2. The largest absolute Gasteiger partial charge is 0.574 e. The van der Waals surface area contributed by atoms with Gasteiger partial charge in [-0.25, -0.2) is 5.43 Å². The summed E-state index contributed by atoms with van der Waals surface area (Å²) in [7, 11) is 0. The van der Waals surface area contributed by atoms with Crippen LogP contribution in [0.1, 0.15) is 25.0 Å². The van der Waals surface area contributed by atoms with Crippen LogP contribution < -0.4 is 20.6 Å². The number of nitrogens with one attached hydrogen (secondary N) is 2. The topological polar surface area (TPSA) is 116 Å². The number of alkyl halides is 3. The minimum absolute atomic E-state index is 0.117. The molecule has 3 rings (SSSR count). The summed E-state index contributed by atoms with van der Waals surface area (Å²) in [6.07, 6.45) is -4.82. The van der Waals surface area contributed by atoms with Crippen LogP contribution in [0.15, 0.2) is 36.4 Å². The second-order valence-corrected chi connectivity index (χ2v) is 8.58. The van der Waals surface area contributed by atoms with Crippen LogP contribution >= 0.6 is 23.8 Å². The van der Waals surface area contributed by atoms with Gasteiger partial charge >= 0.3 is 6.18 Å². The molecule has 1 saturated heterocycles. The Hall–Kier alpha value is -2.99. The van der Waals surface area contributed by atoms with Gasteiger partial charge in [0.1, 0.15) is 17.8 Å². The van der Waals surface area contributed by atoms with Gasteiger partial charge in [0.15, 0.2) is 5.11 Å². The molecule has 0 radical (unpaired) electrons. The van der Waals surface area contributed by atoms with Crippen molar-refractivity contribution in [3.8, 4) is 6.07 Å². The molecule has 1 fully saturated rings. The molecule has 14 heteroatoms. The monoisotopic (exact) mass is 529 g/mol. The van der Waals surface area contributed by atoms with Crippen LogP contribution in [-0.2, 0) is 15.8 Å². The van der Waals surface area contributed by atoms with Crippen LogP contribution in [0.2, 0.25) is 5.02 Å². The van der Waals surface area contributed by atoms with Gasteiger partial charge in [-0.15, -0.1) is 5.34 Å². The van der Waals surface area contributed by atoms with E-state index in [-0.39, 0.29) is 34.7 Å². The average Bonchev–Trinajstić information content (AvgIpc) is 2.96. The van der Waals surface area contributed by atoms with E-state index in [0.29, 0.717) is 11.8 Å². The molecule has 1 atom stereocenters. The van der Waals surface area contributed by atoms with E-state index < -0.39 is 34.1 Å². The molecule has 0 aliphatic carbocycles. The van der Waals surface area contributed by atoms with Gasteiger partial charge in [-0.3, -0.25) is 9.69 Å². The lowest BCUT2D eigenvalue weighted by Crippen LogP contribution is -3.09. The quantitative estimate of drug-likeness (QED) is 0.370. The predicted molar refractivity (Wildman–Crippen MR) is 125 cm³/mol. The van der Waals surface area contributed by atoms with Gasteiger partial charge in [0.05, 0.1) is 34.5 Å². The van der Waals surface area contributed by atoms with Gasteiger partial charge in [0, 0.05) is 5.69 Å². The lowest BCUT2D eigenvalue weighted by atomic mass is 10.0. The fraction of sp³-hybridized carbons (Fsp3) is 0.286. The third kappa shape index (κ3) is 5.18. The summed E-state index contributed by atoms with van der Waals surface area (Å²) in [6, 6.07) is 8.78. The number of thiocarbonyl (C=S) groups is 1. The summed E-state index contributed by atoms with van der Waals surface area (Å²) in [4.78, 5) is 20.4. The van der Waals surface area contributed by atoms with Crippen LogP contribution in [0, 0.1) is 16.5 Å². The summed E-state index contributed by atoms with van der Waals surface area (Å²) >= 11 is 11.6. The third-order valence-corrected chi connectivity index (χ3v) is 5.82. The Labute approximate surface area is 208 Å². The Kier molecular flexibility index (Phi) is 7.56. The van der Waals surface area contributed by atoms with E-state index in [4.69, 9.17) is 39.0 Å². The number of anilines is 3. The highest BCUT2D eigenvalue weighted by Crippen LogP contribution is 2.40. The number of amides is 1. The SMILES string of the molecule is CC1(C)C(=O)N(c2ccc(C#N)c(C(F)(F)F)c2)C(=S)N1c1ccc(Cl)c(N[NH+]([O-])OCCO)c1. The second-order valence-electron chi connectivity index (χ2n) is 7.81. The average molecular weight is 530 g/mol. The maximum absolute atomic E-state index is 13.5. The first-order valence-corrected chi connectivity index (χ1v) is 10.8. The van der Waals surface area contributed by atoms with Crippen LogP contribution in [0.5, 0.6) is 0 Å². The van der Waals surface area contributed by atoms with E-state index in [1.54, 1.807) is 0 Å². The molecule has 0 spiro atoms. The third-order valence-electron chi connectivity index (χ3n) is 5.12. The summed E-state index contributed by atoms with van der Waals surface area (Å²) < 4.78 is 40.5. The van der Waals surface area contributed by atoms with Crippen LogP contribution in [0.25, 0.3) is 0 Å². The van der Waals surface area contributed by atoms with Gasteiger partial charge in [-0.1, -0.05) is 11.6 Å². The highest BCUT2D eigenvalue weighted by atomic mass is 35.5. The minimum Gasteiger partial charge on any atom is -0.574 e. The Balaban J connectivity index is 2.02. The number of rotatable bonds is 7. The molecule has 1 aliphatic heterocycles. The molecule has 3 N–H and O–H groups in total. The Morgan fingerprint density at radius 1 is 1.29 bits per heavy atom. The lowest BCUT2D eigenvalue weighted by molar-refractivity contribution is -1.03.